The number of rotatable bonds is 6. The molecule has 4 aromatic rings. The first kappa shape index (κ1) is 26.0. The normalized spacial score (nSPS) is 11.6. The molecule has 0 radical (unpaired) electrons. The number of hydrogen-bond acceptors (Lipinski definition) is 8. The van der Waals surface area contributed by atoms with Gasteiger partial charge in [0.15, 0.2) is 0 Å². The van der Waals surface area contributed by atoms with Gasteiger partial charge in [0.25, 0.3) is 26.0 Å². The molecule has 0 spiro atoms. The average molecular weight is 534 g/mol. The molecule has 10 nitrogen and oxygen atoms in total. The second-order valence-corrected chi connectivity index (χ2v) is 11.3. The molecular weight excluding hydrogens is 514 g/mol. The van der Waals surface area contributed by atoms with E-state index in [1.165, 1.54) is 36.1 Å². The maximum absolute atomic E-state index is 12.7. The molecule has 3 aromatic heterocycles. The van der Waals surface area contributed by atoms with Gasteiger partial charge in [-0.25, -0.2) is 9.45 Å². The monoisotopic (exact) mass is 533 g/mol. The third-order valence-corrected chi connectivity index (χ3v) is 8.38. The summed E-state index contributed by atoms with van der Waals surface area (Å²) in [6.07, 6.45) is 6.92. The number of hydroxylamine groups is 1. The fourth-order valence-electron chi connectivity index (χ4n) is 2.65. The summed E-state index contributed by atoms with van der Waals surface area (Å²) in [6.45, 7) is 0. The van der Waals surface area contributed by atoms with Gasteiger partial charge in [-0.1, -0.05) is 24.3 Å². The van der Waals surface area contributed by atoms with Crippen molar-refractivity contribution >= 4 is 43.5 Å². The van der Waals surface area contributed by atoms with Crippen molar-refractivity contribution in [2.24, 2.45) is 0 Å². The molecule has 182 valence electrons. The molecule has 1 amide bonds. The maximum Gasteiger partial charge on any atom is 0.294 e. The Kier molecular flexibility index (Phi) is 8.32. The van der Waals surface area contributed by atoms with Crippen LogP contribution in [0.5, 0.6) is 0 Å². The van der Waals surface area contributed by atoms with Gasteiger partial charge in [0.1, 0.15) is 4.21 Å². The first-order chi connectivity index (χ1) is 16.6. The number of carbonyl (C=O) groups is 1. The number of nitrogens with zero attached hydrogens (tertiary/aromatic N) is 2. The summed E-state index contributed by atoms with van der Waals surface area (Å²) in [6, 6.07) is 17.7. The lowest BCUT2D eigenvalue weighted by Gasteiger charge is -2.02. The van der Waals surface area contributed by atoms with E-state index in [2.05, 4.69) is 4.98 Å². The number of thiophene rings is 1. The maximum atomic E-state index is 12.7. The summed E-state index contributed by atoms with van der Waals surface area (Å²) in [4.78, 5) is 15.9. The highest BCUT2D eigenvalue weighted by molar-refractivity contribution is 7.92. The number of aromatic nitrogens is 2. The van der Waals surface area contributed by atoms with Crippen molar-refractivity contribution in [2.45, 2.75) is 9.10 Å². The van der Waals surface area contributed by atoms with Crippen LogP contribution in [0.1, 0.15) is 5.56 Å². The molecular formula is C22H19N3O7S3. The first-order valence-electron chi connectivity index (χ1n) is 9.71. The van der Waals surface area contributed by atoms with Crippen molar-refractivity contribution in [2.75, 3.05) is 0 Å². The Hall–Kier alpha value is -3.62. The molecule has 0 atom stereocenters. The molecule has 3 heterocycles. The number of carbonyl (C=O) groups excluding carboxylic acids is 1. The van der Waals surface area contributed by atoms with Crippen LogP contribution in [0.15, 0.2) is 101 Å². The standard InChI is InChI=1S/C16H13N3O4S2.C6H6O3S/c20-15(18-21)6-4-12-8-10-19(11-12)25(22,23)16-7-5-14(24-16)13-3-1-2-9-17-13;7-10(8,9)6-4-2-1-3-5-6/h1-11,21H,(H,18,20);1-5H,(H,7,8,9). The predicted octanol–water partition coefficient (Wildman–Crippen LogP) is 3.30. The molecule has 0 saturated carbocycles. The predicted molar refractivity (Wildman–Crippen MR) is 130 cm³/mol. The van der Waals surface area contributed by atoms with Crippen LogP contribution in [0.2, 0.25) is 0 Å². The van der Waals surface area contributed by atoms with Gasteiger partial charge in [0.2, 0.25) is 0 Å². The van der Waals surface area contributed by atoms with E-state index in [4.69, 9.17) is 9.76 Å². The summed E-state index contributed by atoms with van der Waals surface area (Å²) in [5.74, 6) is -0.700. The van der Waals surface area contributed by atoms with E-state index in [1.54, 1.807) is 48.7 Å². The van der Waals surface area contributed by atoms with E-state index in [9.17, 15) is 21.6 Å². The van der Waals surface area contributed by atoms with Crippen molar-refractivity contribution in [3.63, 3.8) is 0 Å². The Balaban J connectivity index is 0.000000287. The van der Waals surface area contributed by atoms with Crippen LogP contribution >= 0.6 is 11.3 Å². The van der Waals surface area contributed by atoms with Gasteiger partial charge in [-0.05, 0) is 54.1 Å². The SMILES string of the molecule is O=C(C=Cc1ccn(S(=O)(=O)c2ccc(-c3ccccn3)s2)c1)NO.O=S(=O)(O)c1ccccc1. The van der Waals surface area contributed by atoms with Gasteiger partial charge in [0, 0.05) is 24.7 Å². The highest BCUT2D eigenvalue weighted by Gasteiger charge is 2.19. The van der Waals surface area contributed by atoms with E-state index in [1.807, 2.05) is 12.1 Å². The smallest absolute Gasteiger partial charge is 0.288 e. The van der Waals surface area contributed by atoms with Crippen molar-refractivity contribution in [3.05, 3.63) is 97.0 Å². The van der Waals surface area contributed by atoms with Crippen molar-refractivity contribution < 1.29 is 31.4 Å². The van der Waals surface area contributed by atoms with E-state index >= 15 is 0 Å². The second kappa shape index (κ2) is 11.2. The molecule has 0 unspecified atom stereocenters. The zero-order valence-electron chi connectivity index (χ0n) is 17.8. The van der Waals surface area contributed by atoms with Crippen LogP contribution < -0.4 is 5.48 Å². The lowest BCUT2D eigenvalue weighted by atomic mass is 10.3. The fraction of sp³-hybridized carbons (Fsp3) is 0. The van der Waals surface area contributed by atoms with Crippen LogP contribution in [-0.2, 0) is 24.9 Å². The lowest BCUT2D eigenvalue weighted by molar-refractivity contribution is -0.124. The quantitative estimate of drug-likeness (QED) is 0.148. The van der Waals surface area contributed by atoms with Crippen molar-refractivity contribution in [3.8, 4) is 10.6 Å². The number of benzene rings is 1. The molecule has 0 bridgehead atoms. The summed E-state index contributed by atoms with van der Waals surface area (Å²) in [7, 11) is -7.73. The molecule has 0 aliphatic rings. The number of hydrogen-bond donors (Lipinski definition) is 3. The zero-order valence-corrected chi connectivity index (χ0v) is 20.2. The van der Waals surface area contributed by atoms with Crippen LogP contribution in [0.3, 0.4) is 0 Å². The van der Waals surface area contributed by atoms with Gasteiger partial charge in [-0.2, -0.15) is 16.8 Å². The van der Waals surface area contributed by atoms with E-state index in [-0.39, 0.29) is 9.10 Å². The third-order valence-electron chi connectivity index (χ3n) is 4.30. The molecule has 0 aliphatic carbocycles. The van der Waals surface area contributed by atoms with Gasteiger partial charge >= 0.3 is 0 Å². The number of pyridine rings is 1. The average Bonchev–Trinajstić information content (AvgIpc) is 3.55. The lowest BCUT2D eigenvalue weighted by Crippen LogP contribution is -2.14. The highest BCUT2D eigenvalue weighted by Crippen LogP contribution is 2.30. The third kappa shape index (κ3) is 6.94. The summed E-state index contributed by atoms with van der Waals surface area (Å²) >= 11 is 1.13. The number of nitrogens with one attached hydrogen (secondary N) is 1. The summed E-state index contributed by atoms with van der Waals surface area (Å²) < 4.78 is 55.9. The zero-order chi connectivity index (χ0) is 25.5. The molecule has 1 aromatic carbocycles. The Morgan fingerprint density at radius 3 is 2.29 bits per heavy atom. The molecule has 3 N–H and O–H groups in total. The van der Waals surface area contributed by atoms with Crippen LogP contribution in [0.25, 0.3) is 16.6 Å². The van der Waals surface area contributed by atoms with Crippen molar-refractivity contribution in [1.29, 1.82) is 0 Å². The van der Waals surface area contributed by atoms with Crippen molar-refractivity contribution in [1.82, 2.24) is 14.4 Å². The molecule has 35 heavy (non-hydrogen) atoms. The summed E-state index contributed by atoms with van der Waals surface area (Å²) in [5.41, 5.74) is 2.68. The fourth-order valence-corrected chi connectivity index (χ4v) is 5.74. The minimum atomic E-state index is -4.00. The number of amides is 1. The Labute approximate surface area is 205 Å². The second-order valence-electron chi connectivity index (χ2n) is 6.71. The van der Waals surface area contributed by atoms with E-state index in [0.717, 1.165) is 26.3 Å². The topological polar surface area (TPSA) is 156 Å². The van der Waals surface area contributed by atoms with Crippen LogP contribution in [0, 0.1) is 0 Å². The Bertz CT molecular complexity index is 1530. The first-order valence-corrected chi connectivity index (χ1v) is 13.4. The van der Waals surface area contributed by atoms with Gasteiger partial charge in [-0.15, -0.1) is 11.3 Å². The highest BCUT2D eigenvalue weighted by atomic mass is 32.2. The molecule has 4 rings (SSSR count). The van der Waals surface area contributed by atoms with Gasteiger partial charge in [-0.3, -0.25) is 19.5 Å². The van der Waals surface area contributed by atoms with E-state index in [0.29, 0.717) is 11.3 Å². The van der Waals surface area contributed by atoms with Gasteiger partial charge in [0.05, 0.1) is 15.5 Å². The molecule has 13 heteroatoms. The van der Waals surface area contributed by atoms with Gasteiger partial charge < -0.3 is 0 Å². The largest absolute Gasteiger partial charge is 0.294 e. The summed E-state index contributed by atoms with van der Waals surface area (Å²) in [5, 5.41) is 8.44. The molecule has 0 saturated heterocycles. The minimum absolute atomic E-state index is 0.0741. The minimum Gasteiger partial charge on any atom is -0.288 e. The van der Waals surface area contributed by atoms with E-state index < -0.39 is 26.0 Å². The van der Waals surface area contributed by atoms with Crippen LogP contribution in [-0.4, -0.2) is 41.5 Å². The molecule has 0 fully saturated rings. The molecule has 0 aliphatic heterocycles. The van der Waals surface area contributed by atoms with Crippen LogP contribution in [0.4, 0.5) is 0 Å². The Morgan fingerprint density at radius 1 is 0.971 bits per heavy atom. The Morgan fingerprint density at radius 2 is 1.69 bits per heavy atom.